The van der Waals surface area contributed by atoms with Crippen molar-refractivity contribution in [1.29, 1.82) is 0 Å². The molecule has 634 valence electrons. The molecular formula is C124H81N9O2. The van der Waals surface area contributed by atoms with E-state index >= 15 is 0 Å². The van der Waals surface area contributed by atoms with Crippen LogP contribution in [0.15, 0.2) is 427 Å². The van der Waals surface area contributed by atoms with Gasteiger partial charge in [-0.1, -0.05) is 416 Å². The van der Waals surface area contributed by atoms with Gasteiger partial charge in [0.25, 0.3) is 0 Å². The lowest BCUT2D eigenvalue weighted by molar-refractivity contribution is 0.620. The summed E-state index contributed by atoms with van der Waals surface area (Å²) in [4.78, 5) is 45.3. The van der Waals surface area contributed by atoms with Crippen LogP contribution in [0.5, 0.6) is 0 Å². The second-order valence-corrected chi connectivity index (χ2v) is 36.4. The molecule has 0 radical (unpaired) electrons. The highest BCUT2D eigenvalue weighted by molar-refractivity contribution is 6.28. The van der Waals surface area contributed by atoms with Gasteiger partial charge in [-0.15, -0.1) is 0 Å². The first-order valence-corrected chi connectivity index (χ1v) is 46.0. The Balaban J connectivity index is 0.000000108. The minimum Gasteiger partial charge on any atom is -0.456 e. The van der Waals surface area contributed by atoms with E-state index in [1.807, 2.05) is 182 Å². The summed E-state index contributed by atoms with van der Waals surface area (Å²) in [7, 11) is 0. The van der Waals surface area contributed by atoms with Crippen LogP contribution in [0.4, 0.5) is 0 Å². The van der Waals surface area contributed by atoms with E-state index < -0.39 is 5.41 Å². The van der Waals surface area contributed by atoms with E-state index in [1.165, 1.54) is 121 Å². The van der Waals surface area contributed by atoms with Crippen molar-refractivity contribution in [3.63, 3.8) is 0 Å². The largest absolute Gasteiger partial charge is 0.456 e. The summed E-state index contributed by atoms with van der Waals surface area (Å²) in [5.74, 6) is 5.76. The maximum absolute atomic E-state index is 6.68. The van der Waals surface area contributed by atoms with Gasteiger partial charge < -0.3 is 8.83 Å². The fourth-order valence-corrected chi connectivity index (χ4v) is 22.1. The molecule has 5 aromatic heterocycles. The Labute approximate surface area is 778 Å². The fourth-order valence-electron chi connectivity index (χ4n) is 22.1. The van der Waals surface area contributed by atoms with Gasteiger partial charge in [0.15, 0.2) is 52.4 Å². The average molecular weight is 1730 g/mol. The Morgan fingerprint density at radius 2 is 0.511 bits per heavy atom. The molecule has 0 N–H and O–H groups in total. The van der Waals surface area contributed by atoms with Gasteiger partial charge in [-0.3, -0.25) is 0 Å². The van der Waals surface area contributed by atoms with E-state index in [-0.39, 0.29) is 10.8 Å². The number of fused-ring (bicyclic) bond motifs is 31. The molecule has 0 saturated carbocycles. The van der Waals surface area contributed by atoms with Crippen LogP contribution in [-0.4, -0.2) is 44.9 Å². The summed E-state index contributed by atoms with van der Waals surface area (Å²) in [5, 5.41) is 12.0. The zero-order chi connectivity index (χ0) is 89.8. The molecule has 5 heterocycles. The van der Waals surface area contributed by atoms with Gasteiger partial charge in [0.05, 0.1) is 11.0 Å². The van der Waals surface area contributed by atoms with E-state index in [1.54, 1.807) is 0 Å². The topological polar surface area (TPSA) is 142 Å². The summed E-state index contributed by atoms with van der Waals surface area (Å²) in [6.45, 7) is 9.17. The molecule has 4 aliphatic carbocycles. The molecule has 0 saturated heterocycles. The van der Waals surface area contributed by atoms with Crippen molar-refractivity contribution in [3.05, 3.63) is 463 Å². The minimum atomic E-state index is -0.573. The SMILES string of the molecule is CC1(C)c2ccccc2-c2c1cc(-c1nc(-c3ccccc3)nc(-c3ccccc3)n1)c1oc3ccccc3c21.CC1(C)c2ccccc2-c2ccc3c(oc4cccc(-c5nc(-c6ccccc6)nc(-c6ccccc6)n5)c43)c21.c1ccc(-c2nc(-c3ccccc3)nc(-c3ccc4c(c3)C3(c5ccccc5-4)c4ccccc4-c4ccc5c6ccccc6c6ccccc6c5c43)n2)cc1. The number of furan rings is 2. The van der Waals surface area contributed by atoms with Gasteiger partial charge in [-0.25, -0.2) is 44.9 Å². The predicted molar refractivity (Wildman–Crippen MR) is 547 cm³/mol. The lowest BCUT2D eigenvalue weighted by Crippen LogP contribution is -2.26. The lowest BCUT2D eigenvalue weighted by Gasteiger charge is -2.32. The number of hydrogen-bond acceptors (Lipinski definition) is 11. The van der Waals surface area contributed by atoms with Crippen LogP contribution < -0.4 is 0 Å². The van der Waals surface area contributed by atoms with Crippen LogP contribution >= 0.6 is 0 Å². The predicted octanol–water partition coefficient (Wildman–Crippen LogP) is 30.8. The molecular weight excluding hydrogens is 1650 g/mol. The second-order valence-electron chi connectivity index (χ2n) is 36.4. The standard InChI is InChI=1S/C52H31N3.2C36H25N3O/c1-3-15-32(16-4-1)49-53-50(33-17-5-2-6-18-33)55-51(54-49)34-27-28-40-38-22-11-13-25-44(38)52(46(40)31-34)45-26-14-12-23-39(45)43-30-29-42-37-21-8-7-19-35(37)36-20-9-10-24-41(36)47(42)48(43)52;1-36(2)27-19-11-9-17-24(27)30-28(36)21-26(32-31(30)25-18-10-12-20-29(25)40-32)35-38-33(22-13-5-3-6-14-22)37-34(39-35)23-15-7-4-8-16-23;1-36(2)28-18-10-9-16-24(28)25-20-21-26-30-27(17-11-19-29(30)40-32(26)31(25)36)35-38-33(22-12-5-3-6-13-22)37-34(39-35)23-14-7-4-8-15-23/h1-31H;2*3-21H,1-2H3. The second kappa shape index (κ2) is 30.9. The molecule has 135 heavy (non-hydrogen) atoms. The maximum Gasteiger partial charge on any atom is 0.167 e. The Bertz CT molecular complexity index is 8770. The van der Waals surface area contributed by atoms with Gasteiger partial charge in [0.1, 0.15) is 22.3 Å². The molecule has 28 rings (SSSR count). The molecule has 0 aliphatic heterocycles. The molecule has 24 aromatic rings. The van der Waals surface area contributed by atoms with E-state index in [9.17, 15) is 0 Å². The summed E-state index contributed by atoms with van der Waals surface area (Å²) < 4.78 is 13.3. The van der Waals surface area contributed by atoms with Crippen LogP contribution in [0.25, 0.3) is 223 Å². The number of para-hydroxylation sites is 1. The summed E-state index contributed by atoms with van der Waals surface area (Å²) in [5.41, 5.74) is 31.4. The fraction of sp³-hybridized carbons (Fsp3) is 0.0565. The van der Waals surface area contributed by atoms with Crippen molar-refractivity contribution in [2.75, 3.05) is 0 Å². The van der Waals surface area contributed by atoms with Crippen molar-refractivity contribution < 1.29 is 8.83 Å². The third-order valence-electron chi connectivity index (χ3n) is 28.2. The van der Waals surface area contributed by atoms with Crippen molar-refractivity contribution in [1.82, 2.24) is 44.9 Å². The highest BCUT2D eigenvalue weighted by Gasteiger charge is 2.53. The molecule has 0 fully saturated rings. The van der Waals surface area contributed by atoms with Crippen LogP contribution in [0.3, 0.4) is 0 Å². The number of benzene rings is 19. The molecule has 0 amide bonds. The van der Waals surface area contributed by atoms with E-state index in [0.717, 1.165) is 93.9 Å². The van der Waals surface area contributed by atoms with Crippen LogP contribution in [-0.2, 0) is 16.2 Å². The monoisotopic (exact) mass is 1730 g/mol. The molecule has 11 heteroatoms. The third kappa shape index (κ3) is 12.3. The van der Waals surface area contributed by atoms with Crippen molar-refractivity contribution in [2.45, 2.75) is 43.9 Å². The Kier molecular flexibility index (Phi) is 18.0. The van der Waals surface area contributed by atoms with Gasteiger partial charge in [0, 0.05) is 82.4 Å². The molecule has 11 nitrogen and oxygen atoms in total. The minimum absolute atomic E-state index is 0.173. The van der Waals surface area contributed by atoms with Gasteiger partial charge in [-0.05, 0) is 146 Å². The zero-order valence-electron chi connectivity index (χ0n) is 74.2. The Morgan fingerprint density at radius 1 is 0.178 bits per heavy atom. The van der Waals surface area contributed by atoms with Crippen LogP contribution in [0.2, 0.25) is 0 Å². The number of aromatic nitrogens is 9. The van der Waals surface area contributed by atoms with E-state index in [2.05, 4.69) is 264 Å². The highest BCUT2D eigenvalue weighted by atomic mass is 16.3. The maximum atomic E-state index is 6.68. The van der Waals surface area contributed by atoms with Crippen LogP contribution in [0.1, 0.15) is 72.2 Å². The van der Waals surface area contributed by atoms with Gasteiger partial charge in [-0.2, -0.15) is 0 Å². The van der Waals surface area contributed by atoms with Gasteiger partial charge in [0.2, 0.25) is 0 Å². The summed E-state index contributed by atoms with van der Waals surface area (Å²) >= 11 is 0. The first kappa shape index (κ1) is 78.6. The molecule has 1 atom stereocenters. The first-order valence-electron chi connectivity index (χ1n) is 46.0. The smallest absolute Gasteiger partial charge is 0.167 e. The molecule has 1 unspecified atom stereocenters. The van der Waals surface area contributed by atoms with Crippen molar-refractivity contribution in [2.24, 2.45) is 0 Å². The van der Waals surface area contributed by atoms with Crippen LogP contribution in [0, 0.1) is 0 Å². The number of rotatable bonds is 9. The Hall–Kier alpha value is -17.4. The van der Waals surface area contributed by atoms with E-state index in [0.29, 0.717) is 52.4 Å². The highest BCUT2D eigenvalue weighted by Crippen LogP contribution is 2.66. The third-order valence-corrected chi connectivity index (χ3v) is 28.2. The molecule has 1 spiro atoms. The van der Waals surface area contributed by atoms with Crippen molar-refractivity contribution >= 4 is 76.2 Å². The zero-order valence-corrected chi connectivity index (χ0v) is 74.2. The number of hydrogen-bond donors (Lipinski definition) is 0. The quantitative estimate of drug-likeness (QED) is 0.127. The molecule has 0 bridgehead atoms. The average Bonchev–Trinajstić information content (AvgIpc) is 1.49. The summed E-state index contributed by atoms with van der Waals surface area (Å²) in [6, 6.07) is 147. The number of nitrogens with zero attached hydrogens (tertiary/aromatic N) is 9. The normalized spacial score (nSPS) is 14.1. The molecule has 4 aliphatic rings. The molecule has 19 aromatic carbocycles. The van der Waals surface area contributed by atoms with Gasteiger partial charge >= 0.3 is 0 Å². The Morgan fingerprint density at radius 3 is 1.01 bits per heavy atom. The van der Waals surface area contributed by atoms with E-state index in [4.69, 9.17) is 53.7 Å². The van der Waals surface area contributed by atoms with Crippen molar-refractivity contribution in [3.8, 4) is 147 Å². The first-order chi connectivity index (χ1) is 66.5. The lowest BCUT2D eigenvalue weighted by atomic mass is 9.68. The summed E-state index contributed by atoms with van der Waals surface area (Å²) in [6.07, 6.45) is 0.